The monoisotopic (exact) mass is 696 g/mol. The Morgan fingerprint density at radius 3 is 2.08 bits per heavy atom. The van der Waals surface area contributed by atoms with Gasteiger partial charge in [-0.1, -0.05) is 110 Å². The van der Waals surface area contributed by atoms with Crippen LogP contribution in [0.2, 0.25) is 0 Å². The molecule has 0 N–H and O–H groups in total. The van der Waals surface area contributed by atoms with Gasteiger partial charge in [-0.15, -0.1) is 11.3 Å². The van der Waals surface area contributed by atoms with Gasteiger partial charge in [-0.2, -0.15) is 0 Å². The van der Waals surface area contributed by atoms with E-state index in [4.69, 9.17) is 4.42 Å². The van der Waals surface area contributed by atoms with Gasteiger partial charge < -0.3 is 13.6 Å². The first-order chi connectivity index (χ1) is 26.2. The molecule has 4 heteroatoms. The fourth-order valence-corrected chi connectivity index (χ4v) is 10.3. The largest absolute Gasteiger partial charge is 0.454 e. The number of allylic oxidation sites excluding steroid dienone is 1. The van der Waals surface area contributed by atoms with Crippen molar-refractivity contribution >= 4 is 92.2 Å². The maximum atomic E-state index is 6.58. The van der Waals surface area contributed by atoms with Crippen molar-refractivity contribution in [1.82, 2.24) is 9.13 Å². The van der Waals surface area contributed by atoms with Gasteiger partial charge in [0.1, 0.15) is 5.58 Å². The van der Waals surface area contributed by atoms with E-state index in [1.165, 1.54) is 81.0 Å². The molecular formula is C49H32N2OS. The summed E-state index contributed by atoms with van der Waals surface area (Å²) in [4.78, 5) is 0. The summed E-state index contributed by atoms with van der Waals surface area (Å²) in [5.41, 5.74) is 12.9. The highest BCUT2D eigenvalue weighted by molar-refractivity contribution is 7.26. The van der Waals surface area contributed by atoms with E-state index in [1.807, 2.05) is 17.4 Å². The van der Waals surface area contributed by atoms with Crippen LogP contribution in [0, 0.1) is 5.92 Å². The molecule has 1 aliphatic rings. The number of rotatable bonds is 3. The molecule has 0 spiro atoms. The van der Waals surface area contributed by atoms with E-state index in [0.29, 0.717) is 5.92 Å². The fraction of sp³-hybridized carbons (Fsp3) is 0.0612. The maximum Gasteiger partial charge on any atom is 0.159 e. The van der Waals surface area contributed by atoms with Gasteiger partial charge in [-0.3, -0.25) is 0 Å². The molecule has 1 unspecified atom stereocenters. The Morgan fingerprint density at radius 2 is 1.21 bits per heavy atom. The fourth-order valence-electron chi connectivity index (χ4n) is 9.07. The van der Waals surface area contributed by atoms with Crippen molar-refractivity contribution in [3.63, 3.8) is 0 Å². The standard InChI is InChI=1S/C49H32N2OS/c1-29-20-23-33-39-28-31(22-25-42(39)51(45(33)26-29)43-16-8-13-36-34-11-3-6-18-46(34)52-48(36)43)30-21-24-41-38(27-30)32-10-2-5-15-40(32)50(41)44-17-9-14-37-35-12-4-7-19-47(35)53-49(37)44/h2-25,27-29H,26H2,1H3. The molecule has 4 aromatic heterocycles. The lowest BCUT2D eigenvalue weighted by atomic mass is 9.93. The molecule has 1 aliphatic carbocycles. The van der Waals surface area contributed by atoms with Crippen LogP contribution in [0.15, 0.2) is 156 Å². The molecule has 1 atom stereocenters. The Hall–Kier alpha value is -6.36. The molecule has 0 bridgehead atoms. The van der Waals surface area contributed by atoms with Crippen molar-refractivity contribution < 1.29 is 4.42 Å². The zero-order chi connectivity index (χ0) is 34.8. The summed E-state index contributed by atoms with van der Waals surface area (Å²) >= 11 is 1.88. The van der Waals surface area contributed by atoms with E-state index >= 15 is 0 Å². The van der Waals surface area contributed by atoms with Crippen molar-refractivity contribution in [2.75, 3.05) is 0 Å². The Balaban J connectivity index is 1.06. The topological polar surface area (TPSA) is 23.0 Å². The normalized spacial score (nSPS) is 14.5. The third-order valence-corrected chi connectivity index (χ3v) is 12.7. The van der Waals surface area contributed by atoms with Gasteiger partial charge in [-0.05, 0) is 78.1 Å². The molecule has 0 amide bonds. The van der Waals surface area contributed by atoms with Gasteiger partial charge in [0.25, 0.3) is 0 Å². The molecule has 0 fully saturated rings. The van der Waals surface area contributed by atoms with Gasteiger partial charge in [0, 0.05) is 53.7 Å². The molecule has 53 heavy (non-hydrogen) atoms. The molecule has 0 saturated carbocycles. The summed E-state index contributed by atoms with van der Waals surface area (Å²) in [6.07, 6.45) is 5.68. The zero-order valence-electron chi connectivity index (χ0n) is 29.0. The summed E-state index contributed by atoms with van der Waals surface area (Å²) in [5, 5.41) is 8.75. The summed E-state index contributed by atoms with van der Waals surface area (Å²) in [7, 11) is 0. The number of furan rings is 1. The summed E-state index contributed by atoms with van der Waals surface area (Å²) in [6.45, 7) is 2.31. The lowest BCUT2D eigenvalue weighted by Crippen LogP contribution is -2.08. The number of nitrogens with zero attached hydrogens (tertiary/aromatic N) is 2. The average Bonchev–Trinajstić information content (AvgIpc) is 3.95. The van der Waals surface area contributed by atoms with Crippen LogP contribution in [-0.2, 0) is 6.42 Å². The van der Waals surface area contributed by atoms with E-state index in [1.54, 1.807) is 0 Å². The molecule has 0 saturated heterocycles. The lowest BCUT2D eigenvalue weighted by Gasteiger charge is -2.17. The second kappa shape index (κ2) is 10.8. The number of hydrogen-bond acceptors (Lipinski definition) is 2. The second-order valence-corrected chi connectivity index (χ2v) is 15.6. The van der Waals surface area contributed by atoms with E-state index in [-0.39, 0.29) is 0 Å². The highest BCUT2D eigenvalue weighted by Crippen LogP contribution is 2.43. The van der Waals surface area contributed by atoms with Crippen LogP contribution in [0.3, 0.4) is 0 Å². The van der Waals surface area contributed by atoms with Crippen molar-refractivity contribution in [1.29, 1.82) is 0 Å². The first kappa shape index (κ1) is 29.2. The highest BCUT2D eigenvalue weighted by atomic mass is 32.1. The van der Waals surface area contributed by atoms with E-state index in [0.717, 1.165) is 34.0 Å². The van der Waals surface area contributed by atoms with Crippen molar-refractivity contribution in [2.24, 2.45) is 5.92 Å². The Morgan fingerprint density at radius 1 is 0.547 bits per heavy atom. The van der Waals surface area contributed by atoms with Crippen LogP contribution in [0.25, 0.3) is 103 Å². The summed E-state index contributed by atoms with van der Waals surface area (Å²) < 4.78 is 14.1. The van der Waals surface area contributed by atoms with Gasteiger partial charge in [-0.25, -0.2) is 0 Å². The number of thiophene rings is 1. The minimum Gasteiger partial charge on any atom is -0.454 e. The molecule has 4 heterocycles. The molecule has 0 aliphatic heterocycles. The van der Waals surface area contributed by atoms with Crippen LogP contribution in [0.5, 0.6) is 0 Å². The number of aromatic nitrogens is 2. The second-order valence-electron chi connectivity index (χ2n) is 14.6. The molecule has 12 rings (SSSR count). The summed E-state index contributed by atoms with van der Waals surface area (Å²) in [6, 6.07) is 53.3. The predicted molar refractivity (Wildman–Crippen MR) is 225 cm³/mol. The molecule has 7 aromatic carbocycles. The minimum absolute atomic E-state index is 0.457. The van der Waals surface area contributed by atoms with E-state index in [2.05, 4.69) is 168 Å². The van der Waals surface area contributed by atoms with Gasteiger partial charge in [0.05, 0.1) is 32.6 Å². The molecule has 11 aromatic rings. The number of benzene rings is 7. The quantitative estimate of drug-likeness (QED) is 0.180. The maximum absolute atomic E-state index is 6.58. The number of fused-ring (bicyclic) bond motifs is 12. The first-order valence-corrected chi connectivity index (χ1v) is 19.2. The Bertz CT molecular complexity index is 3350. The first-order valence-electron chi connectivity index (χ1n) is 18.4. The van der Waals surface area contributed by atoms with Crippen LogP contribution in [0.4, 0.5) is 0 Å². The van der Waals surface area contributed by atoms with Crippen LogP contribution in [-0.4, -0.2) is 9.13 Å². The average molecular weight is 697 g/mol. The lowest BCUT2D eigenvalue weighted by molar-refractivity contribution is 0.659. The number of para-hydroxylation sites is 3. The van der Waals surface area contributed by atoms with Crippen LogP contribution in [0.1, 0.15) is 18.2 Å². The van der Waals surface area contributed by atoms with Crippen molar-refractivity contribution in [3.8, 4) is 22.5 Å². The Labute approximate surface area is 309 Å². The van der Waals surface area contributed by atoms with Crippen LogP contribution >= 0.6 is 11.3 Å². The zero-order valence-corrected chi connectivity index (χ0v) is 29.8. The molecule has 0 radical (unpaired) electrons. The molecule has 250 valence electrons. The third kappa shape index (κ3) is 4.10. The van der Waals surface area contributed by atoms with E-state index in [9.17, 15) is 0 Å². The predicted octanol–water partition coefficient (Wildman–Crippen LogP) is 13.9. The molecular weight excluding hydrogens is 665 g/mol. The van der Waals surface area contributed by atoms with Crippen molar-refractivity contribution in [3.05, 3.63) is 163 Å². The minimum atomic E-state index is 0.457. The third-order valence-electron chi connectivity index (χ3n) is 11.5. The summed E-state index contributed by atoms with van der Waals surface area (Å²) in [5.74, 6) is 0.457. The smallest absolute Gasteiger partial charge is 0.159 e. The Kier molecular flexibility index (Phi) is 5.98. The van der Waals surface area contributed by atoms with Gasteiger partial charge >= 0.3 is 0 Å². The SMILES string of the molecule is CC1C=Cc2c(n(-c3cccc4c3oc3ccccc34)c3ccc(-c4ccc5c(c4)c4ccccc4n5-c4cccc5c4sc4ccccc45)cc23)C1. The van der Waals surface area contributed by atoms with Gasteiger partial charge in [0.15, 0.2) is 5.58 Å². The number of hydrogen-bond donors (Lipinski definition) is 0. The van der Waals surface area contributed by atoms with Gasteiger partial charge in [0.2, 0.25) is 0 Å². The van der Waals surface area contributed by atoms with E-state index < -0.39 is 0 Å². The highest BCUT2D eigenvalue weighted by Gasteiger charge is 2.24. The van der Waals surface area contributed by atoms with Crippen molar-refractivity contribution in [2.45, 2.75) is 13.3 Å². The van der Waals surface area contributed by atoms with Crippen LogP contribution < -0.4 is 0 Å². The molecule has 3 nitrogen and oxygen atoms in total.